The molecule has 0 aromatic heterocycles. The summed E-state index contributed by atoms with van der Waals surface area (Å²) >= 11 is 0. The molecule has 154 valence electrons. The van der Waals surface area contributed by atoms with Crippen molar-refractivity contribution in [1.29, 1.82) is 0 Å². The zero-order valence-corrected chi connectivity index (χ0v) is 17.2. The Bertz CT molecular complexity index is 825. The highest BCUT2D eigenvalue weighted by Crippen LogP contribution is 2.22. The van der Waals surface area contributed by atoms with Gasteiger partial charge in [0.15, 0.2) is 0 Å². The van der Waals surface area contributed by atoms with E-state index in [1.165, 1.54) is 0 Å². The first-order valence-corrected chi connectivity index (χ1v) is 9.89. The van der Waals surface area contributed by atoms with Crippen molar-refractivity contribution in [3.05, 3.63) is 59.7 Å². The van der Waals surface area contributed by atoms with E-state index < -0.39 is 0 Å². The standard InChI is InChI=1S/C23H28N2O4/c1-16(17-4-8-20(28-2)9-5-17)24-22(26)18-12-14-25(15-13-18)23(27)19-6-10-21(29-3)11-7-19/h4-11,16,18H,12-15H2,1-3H3,(H,24,26)/t16-/m1/s1. The number of benzene rings is 2. The number of nitrogens with zero attached hydrogens (tertiary/aromatic N) is 1. The highest BCUT2D eigenvalue weighted by atomic mass is 16.5. The van der Waals surface area contributed by atoms with Crippen LogP contribution in [-0.4, -0.2) is 44.0 Å². The molecule has 0 spiro atoms. The predicted molar refractivity (Wildman–Crippen MR) is 111 cm³/mol. The Morgan fingerprint density at radius 3 is 1.97 bits per heavy atom. The molecule has 1 aliphatic heterocycles. The first kappa shape index (κ1) is 20.7. The third-order valence-corrected chi connectivity index (χ3v) is 5.46. The molecular formula is C23H28N2O4. The van der Waals surface area contributed by atoms with Gasteiger partial charge in [0, 0.05) is 24.6 Å². The maximum atomic E-state index is 12.7. The molecule has 0 unspecified atom stereocenters. The van der Waals surface area contributed by atoms with Gasteiger partial charge in [-0.15, -0.1) is 0 Å². The number of carbonyl (C=O) groups is 2. The lowest BCUT2D eigenvalue weighted by atomic mass is 9.94. The maximum Gasteiger partial charge on any atom is 0.253 e. The number of hydrogen-bond donors (Lipinski definition) is 1. The summed E-state index contributed by atoms with van der Waals surface area (Å²) in [5.74, 6) is 1.49. The highest BCUT2D eigenvalue weighted by molar-refractivity contribution is 5.94. The summed E-state index contributed by atoms with van der Waals surface area (Å²) in [5, 5.41) is 3.09. The first-order valence-electron chi connectivity index (χ1n) is 9.89. The minimum absolute atomic E-state index is 0.00175. The second-order valence-electron chi connectivity index (χ2n) is 7.30. The van der Waals surface area contributed by atoms with Crippen LogP contribution in [0.25, 0.3) is 0 Å². The van der Waals surface area contributed by atoms with Gasteiger partial charge in [0.05, 0.1) is 20.3 Å². The number of carbonyl (C=O) groups excluding carboxylic acids is 2. The number of piperidine rings is 1. The van der Waals surface area contributed by atoms with Crippen LogP contribution in [-0.2, 0) is 4.79 Å². The van der Waals surface area contributed by atoms with Crippen molar-refractivity contribution in [2.45, 2.75) is 25.8 Å². The molecule has 3 rings (SSSR count). The average molecular weight is 396 g/mol. The number of methoxy groups -OCH3 is 2. The molecule has 0 bridgehead atoms. The fourth-order valence-corrected chi connectivity index (χ4v) is 3.57. The molecule has 1 heterocycles. The van der Waals surface area contributed by atoms with Gasteiger partial charge in [-0.2, -0.15) is 0 Å². The Morgan fingerprint density at radius 1 is 0.931 bits per heavy atom. The Balaban J connectivity index is 1.51. The third kappa shape index (κ3) is 5.08. The second kappa shape index (κ2) is 9.45. The van der Waals surface area contributed by atoms with E-state index in [4.69, 9.17) is 9.47 Å². The van der Waals surface area contributed by atoms with Gasteiger partial charge in [0.1, 0.15) is 11.5 Å². The molecule has 6 nitrogen and oxygen atoms in total. The first-order chi connectivity index (χ1) is 14.0. The van der Waals surface area contributed by atoms with E-state index in [1.54, 1.807) is 38.5 Å². The van der Waals surface area contributed by atoms with Crippen molar-refractivity contribution >= 4 is 11.8 Å². The van der Waals surface area contributed by atoms with Crippen molar-refractivity contribution in [3.63, 3.8) is 0 Å². The number of hydrogen-bond acceptors (Lipinski definition) is 4. The summed E-state index contributed by atoms with van der Waals surface area (Å²) in [6, 6.07) is 14.7. The van der Waals surface area contributed by atoms with Crippen molar-refractivity contribution in [3.8, 4) is 11.5 Å². The van der Waals surface area contributed by atoms with Gasteiger partial charge in [-0.1, -0.05) is 12.1 Å². The van der Waals surface area contributed by atoms with Gasteiger partial charge >= 0.3 is 0 Å². The fourth-order valence-electron chi connectivity index (χ4n) is 3.57. The van der Waals surface area contributed by atoms with Crippen molar-refractivity contribution in [2.24, 2.45) is 5.92 Å². The van der Waals surface area contributed by atoms with E-state index in [0.29, 0.717) is 31.5 Å². The lowest BCUT2D eigenvalue weighted by Gasteiger charge is -2.32. The number of amides is 2. The molecule has 2 amide bonds. The van der Waals surface area contributed by atoms with Crippen LogP contribution in [0.4, 0.5) is 0 Å². The Hall–Kier alpha value is -3.02. The summed E-state index contributed by atoms with van der Waals surface area (Å²) in [6.07, 6.45) is 1.34. The van der Waals surface area contributed by atoms with E-state index in [9.17, 15) is 9.59 Å². The highest BCUT2D eigenvalue weighted by Gasteiger charge is 2.28. The molecule has 1 saturated heterocycles. The van der Waals surface area contributed by atoms with Crippen molar-refractivity contribution in [2.75, 3.05) is 27.3 Å². The topological polar surface area (TPSA) is 67.9 Å². The summed E-state index contributed by atoms with van der Waals surface area (Å²) < 4.78 is 10.3. The summed E-state index contributed by atoms with van der Waals surface area (Å²) in [7, 11) is 3.23. The Kier molecular flexibility index (Phi) is 6.75. The van der Waals surface area contributed by atoms with E-state index >= 15 is 0 Å². The predicted octanol–water partition coefficient (Wildman–Crippen LogP) is 3.43. The lowest BCUT2D eigenvalue weighted by molar-refractivity contribution is -0.126. The van der Waals surface area contributed by atoms with Gasteiger partial charge in [0.25, 0.3) is 5.91 Å². The molecule has 1 fully saturated rings. The van der Waals surface area contributed by atoms with E-state index in [0.717, 1.165) is 17.1 Å². The molecule has 0 radical (unpaired) electrons. The average Bonchev–Trinajstić information content (AvgIpc) is 2.78. The molecule has 0 aliphatic carbocycles. The summed E-state index contributed by atoms with van der Waals surface area (Å²) in [4.78, 5) is 27.2. The smallest absolute Gasteiger partial charge is 0.253 e. The minimum Gasteiger partial charge on any atom is -0.497 e. The van der Waals surface area contributed by atoms with Crippen LogP contribution in [0.2, 0.25) is 0 Å². The maximum absolute atomic E-state index is 12.7. The van der Waals surface area contributed by atoms with Crippen LogP contribution in [0.5, 0.6) is 11.5 Å². The van der Waals surface area contributed by atoms with Gasteiger partial charge in [-0.3, -0.25) is 9.59 Å². The zero-order valence-electron chi connectivity index (χ0n) is 17.2. The summed E-state index contributed by atoms with van der Waals surface area (Å²) in [5.41, 5.74) is 1.67. The van der Waals surface area contributed by atoms with Crippen LogP contribution in [0.3, 0.4) is 0 Å². The van der Waals surface area contributed by atoms with E-state index in [-0.39, 0.29) is 23.8 Å². The van der Waals surface area contributed by atoms with Crippen molar-refractivity contribution in [1.82, 2.24) is 10.2 Å². The quantitative estimate of drug-likeness (QED) is 0.812. The van der Waals surface area contributed by atoms with Crippen LogP contribution in [0.15, 0.2) is 48.5 Å². The monoisotopic (exact) mass is 396 g/mol. The Morgan fingerprint density at radius 2 is 1.45 bits per heavy atom. The molecule has 1 aliphatic rings. The molecule has 0 saturated carbocycles. The van der Waals surface area contributed by atoms with Gasteiger partial charge in [-0.25, -0.2) is 0 Å². The number of rotatable bonds is 6. The molecule has 2 aromatic carbocycles. The molecule has 1 N–H and O–H groups in total. The molecular weight excluding hydrogens is 368 g/mol. The minimum atomic E-state index is -0.0765. The van der Waals surface area contributed by atoms with E-state index in [1.807, 2.05) is 36.1 Å². The van der Waals surface area contributed by atoms with Crippen LogP contribution in [0, 0.1) is 5.92 Å². The largest absolute Gasteiger partial charge is 0.497 e. The molecule has 2 aromatic rings. The van der Waals surface area contributed by atoms with Gasteiger partial charge in [0.2, 0.25) is 5.91 Å². The van der Waals surface area contributed by atoms with Gasteiger partial charge in [-0.05, 0) is 61.7 Å². The Labute approximate surface area is 171 Å². The second-order valence-corrected chi connectivity index (χ2v) is 7.30. The zero-order chi connectivity index (χ0) is 20.8. The van der Waals surface area contributed by atoms with E-state index in [2.05, 4.69) is 5.32 Å². The number of likely N-dealkylation sites (tertiary alicyclic amines) is 1. The fraction of sp³-hybridized carbons (Fsp3) is 0.391. The summed E-state index contributed by atoms with van der Waals surface area (Å²) in [6.45, 7) is 3.14. The molecule has 6 heteroatoms. The van der Waals surface area contributed by atoms with Crippen molar-refractivity contribution < 1.29 is 19.1 Å². The van der Waals surface area contributed by atoms with Crippen LogP contribution < -0.4 is 14.8 Å². The normalized spacial score (nSPS) is 15.5. The number of ether oxygens (including phenoxy) is 2. The third-order valence-electron chi connectivity index (χ3n) is 5.46. The van der Waals surface area contributed by atoms with Crippen LogP contribution in [0.1, 0.15) is 41.7 Å². The van der Waals surface area contributed by atoms with Crippen LogP contribution >= 0.6 is 0 Å². The lowest BCUT2D eigenvalue weighted by Crippen LogP contribution is -2.43. The molecule has 1 atom stereocenters. The molecule has 29 heavy (non-hydrogen) atoms. The SMILES string of the molecule is COc1ccc(C(=O)N2CCC(C(=O)N[C@H](C)c3ccc(OC)cc3)CC2)cc1. The van der Waals surface area contributed by atoms with Gasteiger partial charge < -0.3 is 19.7 Å². The number of nitrogens with one attached hydrogen (secondary N) is 1.